The molecule has 1 aliphatic rings. The Morgan fingerprint density at radius 1 is 0.750 bits per heavy atom. The number of ether oxygens (including phenoxy) is 3. The van der Waals surface area contributed by atoms with Crippen molar-refractivity contribution in [1.82, 2.24) is 0 Å². The molecule has 2 N–H and O–H groups in total. The Morgan fingerprint density at radius 3 is 2.04 bits per heavy atom. The quantitative estimate of drug-likeness (QED) is 0.0232. The summed E-state index contributed by atoms with van der Waals surface area (Å²) in [5.41, 5.74) is 0. The summed E-state index contributed by atoms with van der Waals surface area (Å²) in [6.45, 7) is 5.89. The molecule has 1 heterocycles. The normalized spacial score (nSPS) is 17.8. The highest BCUT2D eigenvalue weighted by Gasteiger charge is 2.36. The van der Waals surface area contributed by atoms with E-state index in [-0.39, 0.29) is 31.7 Å². The summed E-state index contributed by atoms with van der Waals surface area (Å²) in [5, 5.41) is 0. The van der Waals surface area contributed by atoms with Gasteiger partial charge in [-0.15, -0.1) is 0 Å². The largest absolute Gasteiger partial charge is 0.469 e. The number of esters is 2. The Hall–Kier alpha value is -1.77. The molecule has 0 aromatic rings. The molecule has 0 radical (unpaired) electrons. The lowest BCUT2D eigenvalue weighted by molar-refractivity contribution is -0.161. The Kier molecular flexibility index (Phi) is 26.7. The van der Waals surface area contributed by atoms with E-state index in [4.69, 9.17) is 24.0 Å². The molecular formula is C38H67O9P. The zero-order valence-electron chi connectivity index (χ0n) is 30.2. The van der Waals surface area contributed by atoms with Crippen LogP contribution in [0.25, 0.3) is 0 Å². The van der Waals surface area contributed by atoms with Crippen LogP contribution in [0.5, 0.6) is 0 Å². The predicted molar refractivity (Wildman–Crippen MR) is 192 cm³/mol. The van der Waals surface area contributed by atoms with Crippen molar-refractivity contribution in [2.45, 2.75) is 174 Å². The van der Waals surface area contributed by atoms with E-state index in [1.807, 2.05) is 0 Å². The first kappa shape index (κ1) is 44.3. The molecule has 278 valence electrons. The van der Waals surface area contributed by atoms with Crippen LogP contribution < -0.4 is 0 Å². The number of rotatable bonds is 32. The number of phosphoric acid groups is 1. The van der Waals surface area contributed by atoms with Crippen LogP contribution in [0.15, 0.2) is 36.5 Å². The molecule has 0 amide bonds. The first-order valence-corrected chi connectivity index (χ1v) is 20.3. The molecule has 0 bridgehead atoms. The molecule has 1 rings (SSSR count). The Morgan fingerprint density at radius 2 is 1.38 bits per heavy atom. The molecule has 10 heteroatoms. The highest BCUT2D eigenvalue weighted by atomic mass is 31.2. The van der Waals surface area contributed by atoms with E-state index < -0.39 is 32.5 Å². The average Bonchev–Trinajstić information content (AvgIpc) is 3.80. The minimum atomic E-state index is -4.77. The Bertz CT molecular complexity index is 958. The maximum absolute atomic E-state index is 12.4. The molecule has 1 saturated heterocycles. The van der Waals surface area contributed by atoms with Crippen molar-refractivity contribution in [3.63, 3.8) is 0 Å². The summed E-state index contributed by atoms with van der Waals surface area (Å²) < 4.78 is 32.0. The summed E-state index contributed by atoms with van der Waals surface area (Å²) in [4.78, 5) is 42.8. The van der Waals surface area contributed by atoms with Gasteiger partial charge in [0.1, 0.15) is 6.61 Å². The third-order valence-corrected chi connectivity index (χ3v) is 9.11. The number of phosphoric ester groups is 1. The number of unbranched alkanes of at least 4 members (excludes halogenated alkanes) is 10. The lowest BCUT2D eigenvalue weighted by Crippen LogP contribution is -2.29. The first-order chi connectivity index (χ1) is 23.1. The van der Waals surface area contributed by atoms with Crippen molar-refractivity contribution in [2.24, 2.45) is 5.92 Å². The van der Waals surface area contributed by atoms with Gasteiger partial charge in [-0.25, -0.2) is 4.57 Å². The van der Waals surface area contributed by atoms with Crippen LogP contribution in [0.4, 0.5) is 0 Å². The molecule has 9 nitrogen and oxygen atoms in total. The first-order valence-electron chi connectivity index (χ1n) is 18.8. The van der Waals surface area contributed by atoms with Crippen LogP contribution in [-0.2, 0) is 32.9 Å². The SMILES string of the molecule is CCCCC/C=C\C/C=C\C/C=C\CC1OC1CCCC(=O)OC[C@H](COP(=O)(O)O)OC(=O)CCCCCCCCCCC(C)CC. The maximum atomic E-state index is 12.4. The lowest BCUT2D eigenvalue weighted by atomic mass is 9.99. The minimum Gasteiger partial charge on any atom is -0.462 e. The van der Waals surface area contributed by atoms with Gasteiger partial charge in [0.2, 0.25) is 0 Å². The van der Waals surface area contributed by atoms with Gasteiger partial charge in [0.25, 0.3) is 0 Å². The van der Waals surface area contributed by atoms with Crippen molar-refractivity contribution >= 4 is 19.8 Å². The van der Waals surface area contributed by atoms with Crippen LogP contribution in [0.1, 0.15) is 156 Å². The third kappa shape index (κ3) is 28.1. The monoisotopic (exact) mass is 698 g/mol. The zero-order chi connectivity index (χ0) is 35.3. The fraction of sp³-hybridized carbons (Fsp3) is 0.789. The van der Waals surface area contributed by atoms with Gasteiger partial charge in [-0.05, 0) is 57.3 Å². The fourth-order valence-corrected chi connectivity index (χ4v) is 5.68. The van der Waals surface area contributed by atoms with Gasteiger partial charge >= 0.3 is 19.8 Å². The molecule has 48 heavy (non-hydrogen) atoms. The number of carbonyl (C=O) groups is 2. The van der Waals surface area contributed by atoms with Crippen LogP contribution in [0.3, 0.4) is 0 Å². The van der Waals surface area contributed by atoms with Gasteiger partial charge in [0, 0.05) is 12.8 Å². The van der Waals surface area contributed by atoms with E-state index in [1.165, 1.54) is 64.2 Å². The average molecular weight is 699 g/mol. The van der Waals surface area contributed by atoms with E-state index in [1.54, 1.807) is 0 Å². The van der Waals surface area contributed by atoms with Gasteiger partial charge in [0.05, 0.1) is 18.8 Å². The molecule has 0 aromatic carbocycles. The Labute approximate surface area is 291 Å². The van der Waals surface area contributed by atoms with Crippen molar-refractivity contribution in [3.8, 4) is 0 Å². The van der Waals surface area contributed by atoms with Crippen molar-refractivity contribution in [3.05, 3.63) is 36.5 Å². The maximum Gasteiger partial charge on any atom is 0.469 e. The van der Waals surface area contributed by atoms with E-state index in [9.17, 15) is 14.2 Å². The molecular weight excluding hydrogens is 631 g/mol. The van der Waals surface area contributed by atoms with Gasteiger partial charge in [-0.1, -0.05) is 128 Å². The summed E-state index contributed by atoms with van der Waals surface area (Å²) in [7, 11) is -4.77. The van der Waals surface area contributed by atoms with E-state index >= 15 is 0 Å². The molecule has 0 aromatic heterocycles. The number of carbonyl (C=O) groups excluding carboxylic acids is 2. The number of epoxide rings is 1. The lowest BCUT2D eigenvalue weighted by Gasteiger charge is -2.18. The summed E-state index contributed by atoms with van der Waals surface area (Å²) >= 11 is 0. The predicted octanol–water partition coefficient (Wildman–Crippen LogP) is 9.85. The molecule has 1 aliphatic heterocycles. The van der Waals surface area contributed by atoms with Crippen LogP contribution >= 0.6 is 7.82 Å². The van der Waals surface area contributed by atoms with Crippen molar-refractivity contribution in [2.75, 3.05) is 13.2 Å². The molecule has 4 atom stereocenters. The molecule has 1 fully saturated rings. The number of allylic oxidation sites excluding steroid dienone is 5. The highest BCUT2D eigenvalue weighted by Crippen LogP contribution is 2.36. The van der Waals surface area contributed by atoms with E-state index in [0.717, 1.165) is 50.9 Å². The topological polar surface area (TPSA) is 132 Å². The summed E-state index contributed by atoms with van der Waals surface area (Å²) in [6.07, 6.45) is 33.2. The van der Waals surface area contributed by atoms with E-state index in [2.05, 4.69) is 61.8 Å². The third-order valence-electron chi connectivity index (χ3n) is 8.63. The van der Waals surface area contributed by atoms with Crippen LogP contribution in [0.2, 0.25) is 0 Å². The van der Waals surface area contributed by atoms with Crippen molar-refractivity contribution < 1.29 is 42.7 Å². The highest BCUT2D eigenvalue weighted by molar-refractivity contribution is 7.46. The molecule has 0 saturated carbocycles. The fourth-order valence-electron chi connectivity index (χ4n) is 5.32. The minimum absolute atomic E-state index is 0.140. The van der Waals surface area contributed by atoms with Crippen molar-refractivity contribution in [1.29, 1.82) is 0 Å². The van der Waals surface area contributed by atoms with E-state index in [0.29, 0.717) is 12.8 Å². The van der Waals surface area contributed by atoms with Crippen LogP contribution in [0, 0.1) is 5.92 Å². The second-order valence-electron chi connectivity index (χ2n) is 13.2. The molecule has 0 aliphatic carbocycles. The van der Waals surface area contributed by atoms with Gasteiger partial charge in [-0.2, -0.15) is 0 Å². The second-order valence-corrected chi connectivity index (χ2v) is 14.4. The standard InChI is InChI=1S/C38H67O9P/c1-4-6-7-8-9-10-11-12-13-17-20-23-27-35-36(47-35)28-25-30-37(39)44-31-34(32-45-48(41,42)43)46-38(40)29-24-21-18-15-14-16-19-22-26-33(3)5-2/h9-10,12-13,20,23,33-36H,4-8,11,14-19,21-22,24-32H2,1-3H3,(H2,41,42,43)/b10-9-,13-12-,23-20-/t33?,34-,35?,36?/m1/s1. The summed E-state index contributed by atoms with van der Waals surface area (Å²) in [6, 6.07) is 0. The Balaban J connectivity index is 2.17. The number of hydrogen-bond acceptors (Lipinski definition) is 7. The number of hydrogen-bond donors (Lipinski definition) is 2. The zero-order valence-corrected chi connectivity index (χ0v) is 31.1. The molecule has 0 spiro atoms. The smallest absolute Gasteiger partial charge is 0.462 e. The second kappa shape index (κ2) is 29.0. The summed E-state index contributed by atoms with van der Waals surface area (Å²) in [5.74, 6) is -0.149. The van der Waals surface area contributed by atoms with Gasteiger partial charge < -0.3 is 24.0 Å². The van der Waals surface area contributed by atoms with Gasteiger partial charge in [-0.3, -0.25) is 14.1 Å². The van der Waals surface area contributed by atoms with Crippen LogP contribution in [-0.4, -0.2) is 53.3 Å². The van der Waals surface area contributed by atoms with Gasteiger partial charge in [0.15, 0.2) is 6.10 Å². The molecule has 3 unspecified atom stereocenters.